The highest BCUT2D eigenvalue weighted by Gasteiger charge is 2.34. The molecule has 0 spiro atoms. The molecule has 0 radical (unpaired) electrons. The summed E-state index contributed by atoms with van der Waals surface area (Å²) in [5.41, 5.74) is -0.521. The Morgan fingerprint density at radius 3 is 2.56 bits per heavy atom. The zero-order valence-electron chi connectivity index (χ0n) is 10.8. The van der Waals surface area contributed by atoms with Crippen LogP contribution in [0.2, 0.25) is 0 Å². The predicted octanol–water partition coefficient (Wildman–Crippen LogP) is 2.71. The first-order valence-corrected chi connectivity index (χ1v) is 7.06. The van der Waals surface area contributed by atoms with Gasteiger partial charge in [-0.2, -0.15) is 0 Å². The molecule has 3 atom stereocenters. The highest BCUT2D eigenvalue weighted by Crippen LogP contribution is 2.43. The molecule has 0 bridgehead atoms. The van der Waals surface area contributed by atoms with Gasteiger partial charge in [0.1, 0.15) is 0 Å². The monoisotopic (exact) mass is 225 g/mol. The molecule has 0 heterocycles. The Hall–Kier alpha value is -0.0800. The number of hydrogen-bond donors (Lipinski definition) is 2. The Kier molecular flexibility index (Phi) is 3.91. The van der Waals surface area contributed by atoms with Gasteiger partial charge >= 0.3 is 0 Å². The minimum atomic E-state index is -0.521. The first-order valence-electron chi connectivity index (χ1n) is 7.06. The molecule has 2 saturated carbocycles. The van der Waals surface area contributed by atoms with Crippen LogP contribution in [0.25, 0.3) is 0 Å². The van der Waals surface area contributed by atoms with Crippen LogP contribution >= 0.6 is 0 Å². The molecule has 3 unspecified atom stereocenters. The third-order valence-corrected chi connectivity index (χ3v) is 4.54. The van der Waals surface area contributed by atoms with E-state index in [4.69, 9.17) is 0 Å². The molecule has 0 amide bonds. The van der Waals surface area contributed by atoms with Gasteiger partial charge in [0, 0.05) is 12.6 Å². The smallest absolute Gasteiger partial charge is 0.0741 e. The largest absolute Gasteiger partial charge is 0.389 e. The van der Waals surface area contributed by atoms with E-state index in [9.17, 15) is 5.11 Å². The molecule has 2 aliphatic rings. The van der Waals surface area contributed by atoms with Gasteiger partial charge < -0.3 is 10.4 Å². The van der Waals surface area contributed by atoms with Crippen LogP contribution in [0, 0.1) is 11.8 Å². The van der Waals surface area contributed by atoms with E-state index >= 15 is 0 Å². The topological polar surface area (TPSA) is 32.3 Å². The molecule has 0 aromatic carbocycles. The predicted molar refractivity (Wildman–Crippen MR) is 67.4 cm³/mol. The number of rotatable bonds is 5. The quantitative estimate of drug-likeness (QED) is 0.754. The Morgan fingerprint density at radius 2 is 1.94 bits per heavy atom. The lowest BCUT2D eigenvalue weighted by atomic mass is 9.82. The SMILES string of the molecule is CCC(C)(O)CNC1CCCC(C2CC2)C1. The van der Waals surface area contributed by atoms with Crippen LogP contribution in [0.1, 0.15) is 58.8 Å². The van der Waals surface area contributed by atoms with Crippen molar-refractivity contribution in [3.05, 3.63) is 0 Å². The van der Waals surface area contributed by atoms with Crippen molar-refractivity contribution >= 4 is 0 Å². The van der Waals surface area contributed by atoms with Crippen molar-refractivity contribution in [2.75, 3.05) is 6.54 Å². The number of nitrogens with one attached hydrogen (secondary N) is 1. The second kappa shape index (κ2) is 5.05. The van der Waals surface area contributed by atoms with Crippen LogP contribution in [-0.4, -0.2) is 23.3 Å². The highest BCUT2D eigenvalue weighted by atomic mass is 16.3. The summed E-state index contributed by atoms with van der Waals surface area (Å²) in [7, 11) is 0. The van der Waals surface area contributed by atoms with E-state index in [1.54, 1.807) is 0 Å². The van der Waals surface area contributed by atoms with Gasteiger partial charge in [-0.05, 0) is 50.9 Å². The summed E-state index contributed by atoms with van der Waals surface area (Å²) in [5.74, 6) is 2.04. The van der Waals surface area contributed by atoms with Crippen LogP contribution < -0.4 is 5.32 Å². The fraction of sp³-hybridized carbons (Fsp3) is 1.00. The molecule has 0 aromatic heterocycles. The molecule has 16 heavy (non-hydrogen) atoms. The summed E-state index contributed by atoms with van der Waals surface area (Å²) < 4.78 is 0. The van der Waals surface area contributed by atoms with E-state index in [0.717, 1.165) is 24.8 Å². The van der Waals surface area contributed by atoms with Gasteiger partial charge in [-0.25, -0.2) is 0 Å². The van der Waals surface area contributed by atoms with Gasteiger partial charge in [-0.15, -0.1) is 0 Å². The number of aliphatic hydroxyl groups is 1. The molecular formula is C14H27NO. The van der Waals surface area contributed by atoms with E-state index < -0.39 is 5.60 Å². The average Bonchev–Trinajstić information content (AvgIpc) is 3.11. The lowest BCUT2D eigenvalue weighted by Crippen LogP contribution is -2.44. The lowest BCUT2D eigenvalue weighted by molar-refractivity contribution is 0.0498. The molecule has 2 nitrogen and oxygen atoms in total. The van der Waals surface area contributed by atoms with Crippen molar-refractivity contribution in [1.29, 1.82) is 0 Å². The molecule has 0 saturated heterocycles. The lowest BCUT2D eigenvalue weighted by Gasteiger charge is -2.32. The molecule has 0 aromatic rings. The number of hydrogen-bond acceptors (Lipinski definition) is 2. The molecule has 2 N–H and O–H groups in total. The van der Waals surface area contributed by atoms with Crippen LogP contribution in [-0.2, 0) is 0 Å². The zero-order valence-corrected chi connectivity index (χ0v) is 10.8. The maximum absolute atomic E-state index is 9.98. The highest BCUT2D eigenvalue weighted by molar-refractivity contribution is 4.88. The minimum Gasteiger partial charge on any atom is -0.389 e. The first-order chi connectivity index (χ1) is 7.61. The third kappa shape index (κ3) is 3.46. The van der Waals surface area contributed by atoms with Gasteiger partial charge in [0.05, 0.1) is 5.60 Å². The van der Waals surface area contributed by atoms with Crippen molar-refractivity contribution in [1.82, 2.24) is 5.32 Å². The van der Waals surface area contributed by atoms with E-state index in [0.29, 0.717) is 6.04 Å². The van der Waals surface area contributed by atoms with Crippen LogP contribution in [0.3, 0.4) is 0 Å². The maximum atomic E-state index is 9.98. The fourth-order valence-electron chi connectivity index (χ4n) is 2.90. The van der Waals surface area contributed by atoms with Crippen molar-refractivity contribution in [2.24, 2.45) is 11.8 Å². The second-order valence-electron chi connectivity index (χ2n) is 6.19. The third-order valence-electron chi connectivity index (χ3n) is 4.54. The molecule has 2 aliphatic carbocycles. The summed E-state index contributed by atoms with van der Waals surface area (Å²) in [6.45, 7) is 4.74. The second-order valence-corrected chi connectivity index (χ2v) is 6.19. The average molecular weight is 225 g/mol. The summed E-state index contributed by atoms with van der Waals surface area (Å²) in [4.78, 5) is 0. The molecule has 2 fully saturated rings. The van der Waals surface area contributed by atoms with Crippen molar-refractivity contribution < 1.29 is 5.11 Å². The summed E-state index contributed by atoms with van der Waals surface area (Å²) in [6, 6.07) is 0.664. The minimum absolute atomic E-state index is 0.521. The van der Waals surface area contributed by atoms with E-state index in [1.807, 2.05) is 6.92 Å². The molecule has 0 aliphatic heterocycles. The van der Waals surface area contributed by atoms with Crippen molar-refractivity contribution in [3.8, 4) is 0 Å². The molecular weight excluding hydrogens is 198 g/mol. The van der Waals surface area contributed by atoms with Crippen LogP contribution in [0.5, 0.6) is 0 Å². The van der Waals surface area contributed by atoms with Crippen molar-refractivity contribution in [2.45, 2.75) is 70.4 Å². The van der Waals surface area contributed by atoms with Crippen LogP contribution in [0.4, 0.5) is 0 Å². The van der Waals surface area contributed by atoms with Gasteiger partial charge in [-0.1, -0.05) is 19.8 Å². The maximum Gasteiger partial charge on any atom is 0.0741 e. The van der Waals surface area contributed by atoms with Crippen LogP contribution in [0.15, 0.2) is 0 Å². The first kappa shape index (κ1) is 12.4. The normalized spacial score (nSPS) is 34.7. The van der Waals surface area contributed by atoms with Gasteiger partial charge in [0.2, 0.25) is 0 Å². The van der Waals surface area contributed by atoms with Gasteiger partial charge in [0.15, 0.2) is 0 Å². The summed E-state index contributed by atoms with van der Waals surface area (Å²) in [5, 5.41) is 13.6. The zero-order chi connectivity index (χ0) is 11.6. The summed E-state index contributed by atoms with van der Waals surface area (Å²) in [6.07, 6.45) is 9.28. The Morgan fingerprint density at radius 1 is 1.19 bits per heavy atom. The van der Waals surface area contributed by atoms with Gasteiger partial charge in [0.25, 0.3) is 0 Å². The molecule has 2 heteroatoms. The molecule has 94 valence electrons. The molecule has 2 rings (SSSR count). The van der Waals surface area contributed by atoms with E-state index in [2.05, 4.69) is 12.2 Å². The Labute approximate surface area is 99.8 Å². The Balaban J connectivity index is 1.72. The fourth-order valence-corrected chi connectivity index (χ4v) is 2.90. The standard InChI is InChI=1S/C14H27NO/c1-3-14(2,16)10-15-13-6-4-5-12(9-13)11-7-8-11/h11-13,15-16H,3-10H2,1-2H3. The Bertz CT molecular complexity index is 223. The van der Waals surface area contributed by atoms with E-state index in [1.165, 1.54) is 38.5 Å². The van der Waals surface area contributed by atoms with Crippen molar-refractivity contribution in [3.63, 3.8) is 0 Å². The van der Waals surface area contributed by atoms with Gasteiger partial charge in [-0.3, -0.25) is 0 Å². The van der Waals surface area contributed by atoms with E-state index in [-0.39, 0.29) is 0 Å². The summed E-state index contributed by atoms with van der Waals surface area (Å²) >= 11 is 0.